The smallest absolute Gasteiger partial charge is 0.362 e. The molecule has 7 nitrogen and oxygen atoms in total. The first kappa shape index (κ1) is 39.1. The van der Waals surface area contributed by atoms with Crippen LogP contribution in [0.15, 0.2) is 12.2 Å². The molecule has 0 aromatic carbocycles. The number of nitrogens with zero attached hydrogens (tertiary/aromatic N) is 1. The third-order valence-electron chi connectivity index (χ3n) is 8.59. The van der Waals surface area contributed by atoms with Crippen molar-refractivity contribution >= 4 is 17.9 Å². The van der Waals surface area contributed by atoms with Gasteiger partial charge in [-0.15, -0.1) is 0 Å². The van der Waals surface area contributed by atoms with Crippen LogP contribution in [0, 0.1) is 0 Å². The lowest BCUT2D eigenvalue weighted by Gasteiger charge is -2.50. The summed E-state index contributed by atoms with van der Waals surface area (Å²) >= 11 is 0. The summed E-state index contributed by atoms with van der Waals surface area (Å²) in [5.74, 6) is -3.26. The number of allylic oxidation sites excluding steroid dienone is 2. The van der Waals surface area contributed by atoms with Crippen LogP contribution in [0.5, 0.6) is 0 Å². The Balaban J connectivity index is 5.04. The van der Waals surface area contributed by atoms with Gasteiger partial charge in [0, 0.05) is 19.3 Å². The average Bonchev–Trinajstić information content (AvgIpc) is 2.93. The summed E-state index contributed by atoms with van der Waals surface area (Å²) in [6.45, 7) is 8.15. The van der Waals surface area contributed by atoms with Crippen LogP contribution in [0.1, 0.15) is 163 Å². The zero-order chi connectivity index (χ0) is 30.9. The highest BCUT2D eigenvalue weighted by Gasteiger charge is 2.56. The standard InChI is InChI=1S/C34H63NO6/c1-5-9-10-11-12-13-14-15-16-17-18-19-20-21-22-23-24-28-35(29(25-6-2)32(36)37,30(26-7-3)33(38)39)31(27-8-4)34(40)41/h16-17,29-31H,5-15,18-28H2,1-4H3,(H2-,36,37,38,39,40,41)/p+1/b17-16+. The van der Waals surface area contributed by atoms with Crippen molar-refractivity contribution in [3.63, 3.8) is 0 Å². The van der Waals surface area contributed by atoms with Gasteiger partial charge in [-0.05, 0) is 57.8 Å². The molecule has 0 spiro atoms. The molecule has 0 aromatic rings. The summed E-state index contributed by atoms with van der Waals surface area (Å²) in [5, 5.41) is 30.8. The minimum absolute atomic E-state index is 0.267. The molecule has 0 saturated carbocycles. The number of carbonyl (C=O) groups is 3. The van der Waals surface area contributed by atoms with E-state index in [9.17, 15) is 29.7 Å². The molecule has 0 fully saturated rings. The Morgan fingerprint density at radius 1 is 0.488 bits per heavy atom. The first-order valence-corrected chi connectivity index (χ1v) is 16.9. The summed E-state index contributed by atoms with van der Waals surface area (Å²) in [4.78, 5) is 37.7. The maximum Gasteiger partial charge on any atom is 0.362 e. The number of carboxylic acid groups (broad SMARTS) is 3. The molecule has 0 aliphatic carbocycles. The van der Waals surface area contributed by atoms with Crippen LogP contribution in [-0.4, -0.2) is 62.4 Å². The van der Waals surface area contributed by atoms with E-state index in [1.807, 2.05) is 20.8 Å². The van der Waals surface area contributed by atoms with Crippen molar-refractivity contribution in [1.82, 2.24) is 0 Å². The lowest BCUT2D eigenvalue weighted by atomic mass is 9.91. The number of quaternary nitrogens is 1. The second kappa shape index (κ2) is 24.7. The van der Waals surface area contributed by atoms with Gasteiger partial charge < -0.3 is 15.3 Å². The summed E-state index contributed by atoms with van der Waals surface area (Å²) in [7, 11) is 0. The van der Waals surface area contributed by atoms with Crippen LogP contribution in [0.3, 0.4) is 0 Å². The van der Waals surface area contributed by atoms with Crippen molar-refractivity contribution in [2.45, 2.75) is 181 Å². The SMILES string of the molecule is CCCCCCCCC/C=C/CCCCCCCC[N+](C(CCC)C(=O)O)(C(CCC)C(=O)O)C(CCC)C(=O)O. The van der Waals surface area contributed by atoms with Gasteiger partial charge in [-0.1, -0.05) is 97.6 Å². The molecule has 0 aliphatic heterocycles. The molecule has 3 N–H and O–H groups in total. The molecule has 0 radical (unpaired) electrons. The van der Waals surface area contributed by atoms with Gasteiger partial charge >= 0.3 is 17.9 Å². The predicted octanol–water partition coefficient (Wildman–Crippen LogP) is 8.99. The zero-order valence-corrected chi connectivity index (χ0v) is 27.0. The van der Waals surface area contributed by atoms with Crippen molar-refractivity contribution < 1.29 is 34.2 Å². The van der Waals surface area contributed by atoms with E-state index in [1.165, 1.54) is 51.4 Å². The van der Waals surface area contributed by atoms with Gasteiger partial charge in [0.15, 0.2) is 18.1 Å². The highest BCUT2D eigenvalue weighted by atomic mass is 16.4. The monoisotopic (exact) mass is 582 g/mol. The van der Waals surface area contributed by atoms with Gasteiger partial charge in [0.05, 0.1) is 6.54 Å². The van der Waals surface area contributed by atoms with E-state index in [-0.39, 0.29) is 30.3 Å². The first-order valence-electron chi connectivity index (χ1n) is 16.9. The molecule has 0 heterocycles. The van der Waals surface area contributed by atoms with E-state index in [0.29, 0.717) is 25.7 Å². The highest BCUT2D eigenvalue weighted by molar-refractivity contribution is 5.78. The van der Waals surface area contributed by atoms with Crippen LogP contribution in [0.4, 0.5) is 0 Å². The Kier molecular flexibility index (Phi) is 23.5. The molecule has 0 aromatic heterocycles. The summed E-state index contributed by atoms with van der Waals surface area (Å²) < 4.78 is -0.376. The number of hydrogen-bond donors (Lipinski definition) is 3. The minimum atomic E-state index is -1.09. The minimum Gasteiger partial charge on any atom is -0.477 e. The number of hydrogen-bond acceptors (Lipinski definition) is 3. The van der Waals surface area contributed by atoms with Crippen LogP contribution in [-0.2, 0) is 14.4 Å². The number of aliphatic carboxylic acids is 3. The van der Waals surface area contributed by atoms with Gasteiger partial charge in [0.25, 0.3) is 0 Å². The van der Waals surface area contributed by atoms with Crippen molar-refractivity contribution in [2.24, 2.45) is 0 Å². The van der Waals surface area contributed by atoms with Gasteiger partial charge in [-0.25, -0.2) is 14.4 Å². The topological polar surface area (TPSA) is 112 Å². The van der Waals surface area contributed by atoms with Crippen molar-refractivity contribution in [3.05, 3.63) is 12.2 Å². The first-order chi connectivity index (χ1) is 19.7. The molecule has 0 rings (SSSR count). The van der Waals surface area contributed by atoms with Crippen LogP contribution in [0.2, 0.25) is 0 Å². The van der Waals surface area contributed by atoms with E-state index in [1.54, 1.807) is 0 Å². The maximum atomic E-state index is 12.6. The Hall–Kier alpha value is -1.89. The lowest BCUT2D eigenvalue weighted by molar-refractivity contribution is -0.973. The second-order valence-corrected chi connectivity index (χ2v) is 11.9. The van der Waals surface area contributed by atoms with Crippen LogP contribution >= 0.6 is 0 Å². The molecule has 7 heteroatoms. The van der Waals surface area contributed by atoms with Gasteiger partial charge in [-0.2, -0.15) is 0 Å². The van der Waals surface area contributed by atoms with Crippen molar-refractivity contribution in [3.8, 4) is 0 Å². The quantitative estimate of drug-likeness (QED) is 0.0461. The summed E-state index contributed by atoms with van der Waals surface area (Å²) in [6.07, 6.45) is 24.6. The predicted molar refractivity (Wildman–Crippen MR) is 168 cm³/mol. The largest absolute Gasteiger partial charge is 0.477 e. The fraction of sp³-hybridized carbons (Fsp3) is 0.853. The molecular formula is C34H64NO6+. The fourth-order valence-electron chi connectivity index (χ4n) is 6.46. The molecular weight excluding hydrogens is 518 g/mol. The zero-order valence-electron chi connectivity index (χ0n) is 27.0. The fourth-order valence-corrected chi connectivity index (χ4v) is 6.46. The summed E-state index contributed by atoms with van der Waals surface area (Å²) in [6, 6.07) is -3.14. The van der Waals surface area contributed by atoms with E-state index in [4.69, 9.17) is 0 Å². The van der Waals surface area contributed by atoms with E-state index in [2.05, 4.69) is 19.1 Å². The average molecular weight is 583 g/mol. The second-order valence-electron chi connectivity index (χ2n) is 11.9. The lowest BCUT2D eigenvalue weighted by Crippen LogP contribution is -2.72. The third-order valence-corrected chi connectivity index (χ3v) is 8.59. The van der Waals surface area contributed by atoms with Crippen molar-refractivity contribution in [1.29, 1.82) is 0 Å². The molecule has 240 valence electrons. The Morgan fingerprint density at radius 3 is 1.12 bits per heavy atom. The number of unbranched alkanes of at least 4 members (excludes halogenated alkanes) is 13. The molecule has 3 unspecified atom stereocenters. The maximum absolute atomic E-state index is 12.6. The Morgan fingerprint density at radius 2 is 0.805 bits per heavy atom. The molecule has 41 heavy (non-hydrogen) atoms. The van der Waals surface area contributed by atoms with Gasteiger partial charge in [0.1, 0.15) is 0 Å². The van der Waals surface area contributed by atoms with Gasteiger partial charge in [-0.3, -0.25) is 4.48 Å². The van der Waals surface area contributed by atoms with Crippen LogP contribution < -0.4 is 0 Å². The summed E-state index contributed by atoms with van der Waals surface area (Å²) in [5.41, 5.74) is 0. The molecule has 0 amide bonds. The Bertz CT molecular complexity index is 662. The van der Waals surface area contributed by atoms with E-state index < -0.39 is 36.0 Å². The van der Waals surface area contributed by atoms with Crippen molar-refractivity contribution in [2.75, 3.05) is 6.54 Å². The van der Waals surface area contributed by atoms with E-state index in [0.717, 1.165) is 38.5 Å². The van der Waals surface area contributed by atoms with Crippen LogP contribution in [0.25, 0.3) is 0 Å². The van der Waals surface area contributed by atoms with E-state index >= 15 is 0 Å². The normalized spacial score (nSPS) is 15.4. The highest BCUT2D eigenvalue weighted by Crippen LogP contribution is 2.34. The molecule has 0 bridgehead atoms. The molecule has 0 saturated heterocycles. The number of carboxylic acids is 3. The van der Waals surface area contributed by atoms with Gasteiger partial charge in [0.2, 0.25) is 0 Å². The third kappa shape index (κ3) is 15.2. The molecule has 3 atom stereocenters. The number of rotatable bonds is 29. The Labute approximate surface area is 251 Å². The molecule has 0 aliphatic rings.